The first-order valence-corrected chi connectivity index (χ1v) is 10.1. The highest BCUT2D eigenvalue weighted by molar-refractivity contribution is 6.30. The van der Waals surface area contributed by atoms with Crippen LogP contribution >= 0.6 is 11.6 Å². The van der Waals surface area contributed by atoms with E-state index < -0.39 is 4.92 Å². The molecule has 29 heavy (non-hydrogen) atoms. The Morgan fingerprint density at radius 3 is 2.76 bits per heavy atom. The van der Waals surface area contributed by atoms with Gasteiger partial charge in [0.1, 0.15) is 0 Å². The predicted molar refractivity (Wildman–Crippen MR) is 113 cm³/mol. The molecule has 0 aliphatic carbocycles. The number of nitrogens with zero attached hydrogens (tertiary/aromatic N) is 4. The van der Waals surface area contributed by atoms with E-state index in [9.17, 15) is 10.1 Å². The molecule has 1 fully saturated rings. The van der Waals surface area contributed by atoms with Gasteiger partial charge in [-0.2, -0.15) is 0 Å². The third kappa shape index (κ3) is 4.36. The number of fused-ring (bicyclic) bond motifs is 1. The number of likely N-dealkylation sites (tertiary alicyclic amines) is 1. The van der Waals surface area contributed by atoms with Gasteiger partial charge in [0.25, 0.3) is 5.69 Å². The van der Waals surface area contributed by atoms with Crippen LogP contribution in [0.2, 0.25) is 5.02 Å². The Morgan fingerprint density at radius 2 is 2.07 bits per heavy atom. The quantitative estimate of drug-likeness (QED) is 0.420. The first kappa shape index (κ1) is 19.7. The Kier molecular flexibility index (Phi) is 5.69. The van der Waals surface area contributed by atoms with Gasteiger partial charge in [0.2, 0.25) is 5.88 Å². The maximum atomic E-state index is 11.2. The molecule has 1 saturated heterocycles. The van der Waals surface area contributed by atoms with Crippen LogP contribution in [-0.2, 0) is 6.54 Å². The van der Waals surface area contributed by atoms with Crippen molar-refractivity contribution in [3.8, 4) is 5.88 Å². The monoisotopic (exact) mass is 414 g/mol. The van der Waals surface area contributed by atoms with Gasteiger partial charge in [0.05, 0.1) is 29.0 Å². The molecule has 0 amide bonds. The highest BCUT2D eigenvalue weighted by atomic mass is 35.5. The first-order valence-electron chi connectivity index (χ1n) is 9.74. The van der Waals surface area contributed by atoms with Crippen molar-refractivity contribution in [1.82, 2.24) is 14.7 Å². The summed E-state index contributed by atoms with van der Waals surface area (Å²) in [7, 11) is 2.14. The minimum atomic E-state index is -0.396. The maximum Gasteiger partial charge on any atom is 0.270 e. The fraction of sp³-hybridized carbons (Fsp3) is 0.381. The van der Waals surface area contributed by atoms with Crippen LogP contribution in [0, 0.1) is 10.1 Å². The second-order valence-electron chi connectivity index (χ2n) is 7.46. The minimum Gasteiger partial charge on any atom is -0.476 e. The lowest BCUT2D eigenvalue weighted by Crippen LogP contribution is -2.26. The van der Waals surface area contributed by atoms with Crippen molar-refractivity contribution in [2.45, 2.75) is 31.8 Å². The normalized spacial score (nSPS) is 17.1. The lowest BCUT2D eigenvalue weighted by atomic mass is 10.1. The Morgan fingerprint density at radius 1 is 1.28 bits per heavy atom. The molecule has 0 N–H and O–H groups in total. The van der Waals surface area contributed by atoms with Crippen LogP contribution in [0.1, 0.15) is 24.8 Å². The number of hydrogen-bond acceptors (Lipinski definition) is 5. The molecule has 8 heteroatoms. The molecule has 1 aliphatic heterocycles. The average molecular weight is 415 g/mol. The number of nitro groups is 1. The molecular weight excluding hydrogens is 392 g/mol. The lowest BCUT2D eigenvalue weighted by molar-refractivity contribution is -0.384. The van der Waals surface area contributed by atoms with Crippen molar-refractivity contribution in [3.63, 3.8) is 0 Å². The van der Waals surface area contributed by atoms with Crippen molar-refractivity contribution >= 4 is 28.2 Å². The van der Waals surface area contributed by atoms with Gasteiger partial charge in [0, 0.05) is 23.2 Å². The molecule has 1 aromatic heterocycles. The van der Waals surface area contributed by atoms with Gasteiger partial charge < -0.3 is 9.64 Å². The van der Waals surface area contributed by atoms with Crippen molar-refractivity contribution in [3.05, 3.63) is 63.2 Å². The molecule has 1 aliphatic rings. The van der Waals surface area contributed by atoms with Crippen molar-refractivity contribution < 1.29 is 9.66 Å². The first-order chi connectivity index (χ1) is 14.0. The molecule has 2 aromatic carbocycles. The van der Waals surface area contributed by atoms with E-state index in [0.717, 1.165) is 24.0 Å². The van der Waals surface area contributed by atoms with Gasteiger partial charge in [-0.15, -0.1) is 5.10 Å². The van der Waals surface area contributed by atoms with Crippen molar-refractivity contribution in [2.24, 2.45) is 0 Å². The maximum absolute atomic E-state index is 11.2. The molecular formula is C21H23ClN4O3. The largest absolute Gasteiger partial charge is 0.476 e. The van der Waals surface area contributed by atoms with E-state index in [1.807, 2.05) is 28.9 Å². The molecule has 3 aromatic rings. The van der Waals surface area contributed by atoms with Crippen LogP contribution in [0.5, 0.6) is 5.88 Å². The predicted octanol–water partition coefficient (Wildman–Crippen LogP) is 4.51. The Labute approximate surface area is 174 Å². The van der Waals surface area contributed by atoms with E-state index in [-0.39, 0.29) is 5.69 Å². The van der Waals surface area contributed by atoms with Gasteiger partial charge >= 0.3 is 0 Å². The summed E-state index contributed by atoms with van der Waals surface area (Å²) in [6.07, 6.45) is 3.31. The number of non-ortho nitro benzene ring substituents is 1. The van der Waals surface area contributed by atoms with Crippen LogP contribution in [0.4, 0.5) is 5.69 Å². The summed E-state index contributed by atoms with van der Waals surface area (Å²) in [5.41, 5.74) is 1.87. The van der Waals surface area contributed by atoms with E-state index >= 15 is 0 Å². The van der Waals surface area contributed by atoms with Crippen LogP contribution in [0.3, 0.4) is 0 Å². The molecule has 0 saturated carbocycles. The Balaban J connectivity index is 1.59. The Hall–Kier alpha value is -2.64. The second kappa shape index (κ2) is 8.39. The third-order valence-electron chi connectivity index (χ3n) is 5.52. The number of rotatable bonds is 7. The molecule has 1 atom stereocenters. The van der Waals surface area contributed by atoms with E-state index in [1.165, 1.54) is 25.0 Å². The number of ether oxygens (including phenoxy) is 1. The van der Waals surface area contributed by atoms with E-state index in [1.54, 1.807) is 6.07 Å². The zero-order valence-corrected chi connectivity index (χ0v) is 17.0. The van der Waals surface area contributed by atoms with Gasteiger partial charge in [-0.05, 0) is 56.6 Å². The molecule has 4 rings (SSSR count). The molecule has 0 bridgehead atoms. The highest BCUT2D eigenvalue weighted by Crippen LogP contribution is 2.30. The van der Waals surface area contributed by atoms with Crippen LogP contribution in [0.15, 0.2) is 42.5 Å². The molecule has 7 nitrogen and oxygen atoms in total. The number of hydrogen-bond donors (Lipinski definition) is 0. The van der Waals surface area contributed by atoms with Crippen LogP contribution in [0.25, 0.3) is 10.9 Å². The fourth-order valence-electron chi connectivity index (χ4n) is 3.88. The van der Waals surface area contributed by atoms with Gasteiger partial charge in [-0.3, -0.25) is 14.8 Å². The molecule has 1 unspecified atom stereocenters. The molecule has 0 radical (unpaired) electrons. The molecule has 152 valence electrons. The highest BCUT2D eigenvalue weighted by Gasteiger charge is 2.21. The fourth-order valence-corrected chi connectivity index (χ4v) is 4.00. The zero-order chi connectivity index (χ0) is 20.4. The summed E-state index contributed by atoms with van der Waals surface area (Å²) in [6, 6.07) is 12.8. The summed E-state index contributed by atoms with van der Waals surface area (Å²) >= 11 is 5.97. The summed E-state index contributed by atoms with van der Waals surface area (Å²) in [5.74, 6) is 0.443. The zero-order valence-electron chi connectivity index (χ0n) is 16.3. The summed E-state index contributed by atoms with van der Waals surface area (Å²) in [4.78, 5) is 13.2. The van der Waals surface area contributed by atoms with Gasteiger partial charge in [0.15, 0.2) is 0 Å². The van der Waals surface area contributed by atoms with E-state index in [2.05, 4.69) is 17.0 Å². The van der Waals surface area contributed by atoms with Crippen LogP contribution < -0.4 is 4.74 Å². The topological polar surface area (TPSA) is 73.4 Å². The van der Waals surface area contributed by atoms with Crippen molar-refractivity contribution in [2.75, 3.05) is 20.2 Å². The van der Waals surface area contributed by atoms with Gasteiger partial charge in [-0.1, -0.05) is 23.7 Å². The number of aromatic nitrogens is 2. The summed E-state index contributed by atoms with van der Waals surface area (Å²) in [5, 5.41) is 17.2. The number of benzene rings is 2. The van der Waals surface area contributed by atoms with Crippen molar-refractivity contribution in [1.29, 1.82) is 0 Å². The average Bonchev–Trinajstić information content (AvgIpc) is 3.27. The number of nitro benzene ring substituents is 1. The standard InChI is InChI=1S/C21H23ClN4O3/c1-24-11-2-3-17(24)10-12-29-21-19-13-18(26(27)28)8-9-20(19)25(23-21)14-15-4-6-16(22)7-5-15/h4-9,13,17H,2-3,10-12,14H2,1H3. The van der Waals surface area contributed by atoms with Gasteiger partial charge in [-0.25, -0.2) is 0 Å². The summed E-state index contributed by atoms with van der Waals surface area (Å²) in [6.45, 7) is 2.18. The van der Waals surface area contributed by atoms with E-state index in [0.29, 0.717) is 35.5 Å². The SMILES string of the molecule is CN1CCCC1CCOc1nn(Cc2ccc(Cl)cc2)c2ccc([N+](=O)[O-])cc12. The smallest absolute Gasteiger partial charge is 0.270 e. The Bertz CT molecular complexity index is 1020. The molecule has 0 spiro atoms. The number of halogens is 1. The lowest BCUT2D eigenvalue weighted by Gasteiger charge is -2.18. The van der Waals surface area contributed by atoms with Crippen LogP contribution in [-0.4, -0.2) is 45.8 Å². The minimum absolute atomic E-state index is 0.0314. The third-order valence-corrected chi connectivity index (χ3v) is 5.77. The summed E-state index contributed by atoms with van der Waals surface area (Å²) < 4.78 is 7.82. The van der Waals surface area contributed by atoms with E-state index in [4.69, 9.17) is 16.3 Å². The molecule has 2 heterocycles. The second-order valence-corrected chi connectivity index (χ2v) is 7.90.